The maximum absolute atomic E-state index is 11.5. The van der Waals surface area contributed by atoms with E-state index in [1.165, 1.54) is 11.8 Å². The zero-order valence-corrected chi connectivity index (χ0v) is 10.4. The summed E-state index contributed by atoms with van der Waals surface area (Å²) in [4.78, 5) is 19.2. The van der Waals surface area contributed by atoms with Crippen LogP contribution in [0.25, 0.3) is 0 Å². The van der Waals surface area contributed by atoms with Gasteiger partial charge in [-0.2, -0.15) is 0 Å². The van der Waals surface area contributed by atoms with E-state index < -0.39 is 0 Å². The molecule has 0 aliphatic heterocycles. The predicted octanol–water partition coefficient (Wildman–Crippen LogP) is 2.79. The summed E-state index contributed by atoms with van der Waals surface area (Å²) in [6.07, 6.45) is 3.24. The molecule has 0 aliphatic carbocycles. The molecule has 0 atom stereocenters. The molecule has 1 aromatic carbocycles. The fourth-order valence-electron chi connectivity index (χ4n) is 1.18. The number of imidazole rings is 1. The molecule has 2 rings (SSSR count). The number of amides is 1. The lowest BCUT2D eigenvalue weighted by Gasteiger charge is -2.02. The van der Waals surface area contributed by atoms with Gasteiger partial charge >= 0.3 is 0 Å². The van der Waals surface area contributed by atoms with Crippen molar-refractivity contribution in [2.45, 2.75) is 4.90 Å². The van der Waals surface area contributed by atoms with Crippen LogP contribution in [0.5, 0.6) is 0 Å². The SMILES string of the molecule is O=C(CSc1ccc(Cl)cc1)Nc1ncc[nH]1. The molecular weight excluding hydrogens is 258 g/mol. The quantitative estimate of drug-likeness (QED) is 0.838. The minimum atomic E-state index is -0.0973. The molecule has 0 bridgehead atoms. The molecule has 88 valence electrons. The molecule has 0 spiro atoms. The molecule has 0 saturated heterocycles. The molecule has 2 aromatic rings. The summed E-state index contributed by atoms with van der Waals surface area (Å²) in [5.74, 6) is 0.703. The van der Waals surface area contributed by atoms with Crippen molar-refractivity contribution in [3.05, 3.63) is 41.7 Å². The number of aromatic amines is 1. The van der Waals surface area contributed by atoms with Gasteiger partial charge in [-0.15, -0.1) is 11.8 Å². The Labute approximate surface area is 108 Å². The molecule has 0 radical (unpaired) electrons. The standard InChI is InChI=1S/C11H10ClN3OS/c12-8-1-3-9(4-2-8)17-7-10(16)15-11-13-5-6-14-11/h1-6H,7H2,(H2,13,14,15,16). The number of carbonyl (C=O) groups excluding carboxylic acids is 1. The zero-order valence-electron chi connectivity index (χ0n) is 8.81. The number of benzene rings is 1. The molecule has 2 N–H and O–H groups in total. The van der Waals surface area contributed by atoms with Gasteiger partial charge in [0.1, 0.15) is 0 Å². The normalized spacial score (nSPS) is 10.2. The van der Waals surface area contributed by atoms with Gasteiger partial charge in [-0.25, -0.2) is 4.98 Å². The second kappa shape index (κ2) is 5.75. The predicted molar refractivity (Wildman–Crippen MR) is 69.4 cm³/mol. The van der Waals surface area contributed by atoms with E-state index in [1.807, 2.05) is 12.1 Å². The third-order valence-corrected chi connectivity index (χ3v) is 3.20. The van der Waals surface area contributed by atoms with Crippen LogP contribution >= 0.6 is 23.4 Å². The molecule has 0 saturated carbocycles. The number of nitrogens with one attached hydrogen (secondary N) is 2. The van der Waals surface area contributed by atoms with Crippen molar-refractivity contribution in [3.63, 3.8) is 0 Å². The van der Waals surface area contributed by atoms with Gasteiger partial charge in [0.15, 0.2) is 0 Å². The Morgan fingerprint density at radius 1 is 1.41 bits per heavy atom. The van der Waals surface area contributed by atoms with Crippen LogP contribution in [0.15, 0.2) is 41.6 Å². The fourth-order valence-corrected chi connectivity index (χ4v) is 2.01. The molecule has 4 nitrogen and oxygen atoms in total. The largest absolute Gasteiger partial charge is 0.331 e. The minimum absolute atomic E-state index is 0.0973. The highest BCUT2D eigenvalue weighted by atomic mass is 35.5. The van der Waals surface area contributed by atoms with Crippen LogP contribution in [0.1, 0.15) is 0 Å². The van der Waals surface area contributed by atoms with Crippen molar-refractivity contribution in [2.75, 3.05) is 11.1 Å². The van der Waals surface area contributed by atoms with Gasteiger partial charge in [0, 0.05) is 22.3 Å². The molecule has 6 heteroatoms. The Bertz CT molecular complexity index is 484. The Morgan fingerprint density at radius 2 is 2.18 bits per heavy atom. The number of halogens is 1. The van der Waals surface area contributed by atoms with E-state index in [4.69, 9.17) is 11.6 Å². The average Bonchev–Trinajstić information content (AvgIpc) is 2.81. The first-order chi connectivity index (χ1) is 8.24. The summed E-state index contributed by atoms with van der Waals surface area (Å²) in [6.45, 7) is 0. The van der Waals surface area contributed by atoms with E-state index >= 15 is 0 Å². The van der Waals surface area contributed by atoms with Crippen molar-refractivity contribution in [1.29, 1.82) is 0 Å². The molecule has 1 heterocycles. The summed E-state index contributed by atoms with van der Waals surface area (Å²) in [7, 11) is 0. The van der Waals surface area contributed by atoms with E-state index in [1.54, 1.807) is 24.5 Å². The summed E-state index contributed by atoms with van der Waals surface area (Å²) in [5.41, 5.74) is 0. The van der Waals surface area contributed by atoms with Gasteiger partial charge in [-0.1, -0.05) is 11.6 Å². The number of hydrogen-bond acceptors (Lipinski definition) is 3. The van der Waals surface area contributed by atoms with E-state index in [-0.39, 0.29) is 5.91 Å². The Balaban J connectivity index is 1.82. The number of H-pyrrole nitrogens is 1. The van der Waals surface area contributed by atoms with Crippen LogP contribution < -0.4 is 5.32 Å². The number of nitrogens with zero attached hydrogens (tertiary/aromatic N) is 1. The van der Waals surface area contributed by atoms with Gasteiger partial charge in [0.2, 0.25) is 11.9 Å². The smallest absolute Gasteiger partial charge is 0.237 e. The van der Waals surface area contributed by atoms with Gasteiger partial charge in [-0.05, 0) is 24.3 Å². The van der Waals surface area contributed by atoms with Crippen LogP contribution in [0, 0.1) is 0 Å². The highest BCUT2D eigenvalue weighted by Gasteiger charge is 2.04. The Morgan fingerprint density at radius 3 is 2.82 bits per heavy atom. The highest BCUT2D eigenvalue weighted by Crippen LogP contribution is 2.20. The van der Waals surface area contributed by atoms with Crippen LogP contribution in [0.2, 0.25) is 5.02 Å². The van der Waals surface area contributed by atoms with Crippen LogP contribution in [-0.4, -0.2) is 21.6 Å². The Hall–Kier alpha value is -1.46. The molecular formula is C11H10ClN3OS. The third-order valence-electron chi connectivity index (χ3n) is 1.94. The lowest BCUT2D eigenvalue weighted by molar-refractivity contribution is -0.113. The fraction of sp³-hybridized carbons (Fsp3) is 0.0909. The number of carbonyl (C=O) groups is 1. The zero-order chi connectivity index (χ0) is 12.1. The first kappa shape index (κ1) is 12.0. The van der Waals surface area contributed by atoms with E-state index in [0.29, 0.717) is 16.7 Å². The van der Waals surface area contributed by atoms with Gasteiger partial charge < -0.3 is 4.98 Å². The van der Waals surface area contributed by atoms with E-state index in [0.717, 1.165) is 4.90 Å². The van der Waals surface area contributed by atoms with Gasteiger partial charge in [0.25, 0.3) is 0 Å². The molecule has 1 amide bonds. The topological polar surface area (TPSA) is 57.8 Å². The Kier molecular flexibility index (Phi) is 4.06. The van der Waals surface area contributed by atoms with Crippen molar-refractivity contribution >= 4 is 35.2 Å². The first-order valence-electron chi connectivity index (χ1n) is 4.91. The van der Waals surface area contributed by atoms with Crippen molar-refractivity contribution in [1.82, 2.24) is 9.97 Å². The summed E-state index contributed by atoms with van der Waals surface area (Å²) in [6, 6.07) is 7.36. The number of anilines is 1. The number of aromatic nitrogens is 2. The van der Waals surface area contributed by atoms with E-state index in [2.05, 4.69) is 15.3 Å². The minimum Gasteiger partial charge on any atom is -0.331 e. The summed E-state index contributed by atoms with van der Waals surface area (Å²) < 4.78 is 0. The number of hydrogen-bond donors (Lipinski definition) is 2. The van der Waals surface area contributed by atoms with Crippen LogP contribution in [-0.2, 0) is 4.79 Å². The molecule has 0 aliphatic rings. The maximum Gasteiger partial charge on any atom is 0.237 e. The molecule has 0 fully saturated rings. The highest BCUT2D eigenvalue weighted by molar-refractivity contribution is 8.00. The van der Waals surface area contributed by atoms with E-state index in [9.17, 15) is 4.79 Å². The van der Waals surface area contributed by atoms with Crippen LogP contribution in [0.3, 0.4) is 0 Å². The molecule has 17 heavy (non-hydrogen) atoms. The number of rotatable bonds is 4. The number of thioether (sulfide) groups is 1. The summed E-state index contributed by atoms with van der Waals surface area (Å²) in [5, 5.41) is 3.34. The first-order valence-corrected chi connectivity index (χ1v) is 6.28. The summed E-state index contributed by atoms with van der Waals surface area (Å²) >= 11 is 7.21. The van der Waals surface area contributed by atoms with Crippen molar-refractivity contribution in [3.8, 4) is 0 Å². The third kappa shape index (κ3) is 3.80. The van der Waals surface area contributed by atoms with Gasteiger partial charge in [-0.3, -0.25) is 10.1 Å². The second-order valence-corrected chi connectivity index (χ2v) is 4.71. The average molecular weight is 268 g/mol. The molecule has 1 aromatic heterocycles. The lowest BCUT2D eigenvalue weighted by Crippen LogP contribution is -2.14. The maximum atomic E-state index is 11.5. The van der Waals surface area contributed by atoms with Gasteiger partial charge in [0.05, 0.1) is 5.75 Å². The monoisotopic (exact) mass is 267 g/mol. The van der Waals surface area contributed by atoms with Crippen molar-refractivity contribution in [2.24, 2.45) is 0 Å². The van der Waals surface area contributed by atoms with Crippen LogP contribution in [0.4, 0.5) is 5.95 Å². The van der Waals surface area contributed by atoms with Crippen molar-refractivity contribution < 1.29 is 4.79 Å². The second-order valence-electron chi connectivity index (χ2n) is 3.23. The lowest BCUT2D eigenvalue weighted by atomic mass is 10.4. The molecule has 0 unspecified atom stereocenters.